The lowest BCUT2D eigenvalue weighted by Gasteiger charge is -2.38. The number of nitrogen functional groups attached to an aromatic ring is 1. The van der Waals surface area contributed by atoms with Crippen LogP contribution in [0.2, 0.25) is 0 Å². The largest absolute Gasteiger partial charge is 0.394 e. The number of nitrogens with zero attached hydrogens (tertiary/aromatic N) is 3. The molecule has 0 amide bonds. The van der Waals surface area contributed by atoms with Gasteiger partial charge in [-0.1, -0.05) is 27.2 Å². The summed E-state index contributed by atoms with van der Waals surface area (Å²) in [5, 5.41) is 4.56. The van der Waals surface area contributed by atoms with Crippen LogP contribution < -0.4 is 10.6 Å². The zero-order valence-corrected chi connectivity index (χ0v) is 12.2. The second-order valence-corrected chi connectivity index (χ2v) is 6.21. The fraction of sp³-hybridized carbons (Fsp3) is 0.786. The lowest BCUT2D eigenvalue weighted by atomic mass is 9.83. The van der Waals surface area contributed by atoms with Crippen LogP contribution in [-0.2, 0) is 13.5 Å². The minimum Gasteiger partial charge on any atom is -0.394 e. The van der Waals surface area contributed by atoms with Crippen molar-refractivity contribution < 1.29 is 0 Å². The zero-order valence-electron chi connectivity index (χ0n) is 12.2. The van der Waals surface area contributed by atoms with E-state index in [1.165, 1.54) is 12.8 Å². The first-order valence-electron chi connectivity index (χ1n) is 7.01. The molecule has 1 aliphatic rings. The van der Waals surface area contributed by atoms with E-state index in [9.17, 15) is 0 Å². The third-order valence-electron chi connectivity index (χ3n) is 4.03. The van der Waals surface area contributed by atoms with E-state index in [0.29, 0.717) is 5.41 Å². The second kappa shape index (κ2) is 4.82. The molecule has 0 unspecified atom stereocenters. The highest BCUT2D eigenvalue weighted by molar-refractivity contribution is 5.66. The number of hydrogen-bond donors (Lipinski definition) is 1. The Balaban J connectivity index is 2.19. The molecule has 0 atom stereocenters. The molecule has 0 saturated carbocycles. The van der Waals surface area contributed by atoms with Crippen LogP contribution in [0.3, 0.4) is 0 Å². The smallest absolute Gasteiger partial charge is 0.150 e. The zero-order chi connectivity index (χ0) is 13.3. The average molecular weight is 250 g/mol. The Hall–Kier alpha value is -1.19. The van der Waals surface area contributed by atoms with Crippen molar-refractivity contribution in [2.24, 2.45) is 12.5 Å². The lowest BCUT2D eigenvalue weighted by Crippen LogP contribution is -2.38. The summed E-state index contributed by atoms with van der Waals surface area (Å²) >= 11 is 0. The predicted octanol–water partition coefficient (Wildman–Crippen LogP) is 2.58. The van der Waals surface area contributed by atoms with Crippen LogP contribution in [-0.4, -0.2) is 22.9 Å². The van der Waals surface area contributed by atoms with Crippen LogP contribution in [0.5, 0.6) is 0 Å². The quantitative estimate of drug-likeness (QED) is 0.897. The Kier molecular flexibility index (Phi) is 3.55. The van der Waals surface area contributed by atoms with Gasteiger partial charge in [-0.05, 0) is 24.7 Å². The van der Waals surface area contributed by atoms with Crippen molar-refractivity contribution in [1.29, 1.82) is 0 Å². The van der Waals surface area contributed by atoms with E-state index in [0.717, 1.165) is 43.1 Å². The van der Waals surface area contributed by atoms with Gasteiger partial charge < -0.3 is 10.6 Å². The molecule has 0 aromatic carbocycles. The van der Waals surface area contributed by atoms with Crippen molar-refractivity contribution in [3.05, 3.63) is 5.69 Å². The van der Waals surface area contributed by atoms with Crippen molar-refractivity contribution in [2.45, 2.75) is 46.5 Å². The number of aryl methyl sites for hydroxylation is 2. The molecule has 102 valence electrons. The van der Waals surface area contributed by atoms with Gasteiger partial charge in [0.2, 0.25) is 0 Å². The summed E-state index contributed by atoms with van der Waals surface area (Å²) in [7, 11) is 2.00. The normalized spacial score (nSPS) is 19.2. The Labute approximate surface area is 110 Å². The molecule has 4 heteroatoms. The van der Waals surface area contributed by atoms with E-state index in [1.807, 2.05) is 11.7 Å². The minimum absolute atomic E-state index is 0.468. The molecule has 0 radical (unpaired) electrons. The molecule has 1 fully saturated rings. The molecule has 2 rings (SSSR count). The molecule has 4 nitrogen and oxygen atoms in total. The van der Waals surface area contributed by atoms with Crippen molar-refractivity contribution in [3.8, 4) is 0 Å². The highest BCUT2D eigenvalue weighted by Crippen LogP contribution is 2.35. The standard InChI is InChI=1S/C14H26N4/c1-5-6-11-12(15)13(17(4)16-11)18-9-7-14(2,3)8-10-18/h5-10,15H2,1-4H3. The Bertz CT molecular complexity index is 410. The van der Waals surface area contributed by atoms with Gasteiger partial charge in [0.1, 0.15) is 5.82 Å². The van der Waals surface area contributed by atoms with Crippen LogP contribution in [0, 0.1) is 5.41 Å². The number of anilines is 2. The van der Waals surface area contributed by atoms with Crippen molar-refractivity contribution >= 4 is 11.5 Å². The van der Waals surface area contributed by atoms with E-state index in [-0.39, 0.29) is 0 Å². The fourth-order valence-electron chi connectivity index (χ4n) is 2.71. The van der Waals surface area contributed by atoms with E-state index >= 15 is 0 Å². The maximum atomic E-state index is 6.26. The molecule has 0 aliphatic carbocycles. The van der Waals surface area contributed by atoms with Gasteiger partial charge in [0.25, 0.3) is 0 Å². The van der Waals surface area contributed by atoms with Crippen LogP contribution in [0.4, 0.5) is 11.5 Å². The van der Waals surface area contributed by atoms with Crippen molar-refractivity contribution in [2.75, 3.05) is 23.7 Å². The van der Waals surface area contributed by atoms with E-state index in [1.54, 1.807) is 0 Å². The molecule has 1 aliphatic heterocycles. The molecule has 1 aromatic heterocycles. The van der Waals surface area contributed by atoms with E-state index < -0.39 is 0 Å². The highest BCUT2D eigenvalue weighted by atomic mass is 15.4. The topological polar surface area (TPSA) is 47.1 Å². The SMILES string of the molecule is CCCc1nn(C)c(N2CCC(C)(C)CC2)c1N. The first-order valence-corrected chi connectivity index (χ1v) is 7.01. The summed E-state index contributed by atoms with van der Waals surface area (Å²) in [4.78, 5) is 2.40. The number of hydrogen-bond acceptors (Lipinski definition) is 3. The summed E-state index contributed by atoms with van der Waals surface area (Å²) in [6, 6.07) is 0. The molecule has 0 bridgehead atoms. The first-order chi connectivity index (χ1) is 8.44. The van der Waals surface area contributed by atoms with Crippen molar-refractivity contribution in [3.63, 3.8) is 0 Å². The monoisotopic (exact) mass is 250 g/mol. The van der Waals surface area contributed by atoms with Gasteiger partial charge in [-0.3, -0.25) is 4.68 Å². The summed E-state index contributed by atoms with van der Waals surface area (Å²) in [5.74, 6) is 1.12. The van der Waals surface area contributed by atoms with Gasteiger partial charge in [0.15, 0.2) is 0 Å². The van der Waals surface area contributed by atoms with Crippen LogP contribution >= 0.6 is 0 Å². The van der Waals surface area contributed by atoms with Gasteiger partial charge in [-0.15, -0.1) is 0 Å². The van der Waals surface area contributed by atoms with E-state index in [2.05, 4.69) is 30.8 Å². The molecular weight excluding hydrogens is 224 g/mol. The summed E-state index contributed by atoms with van der Waals surface area (Å²) in [6.45, 7) is 9.03. The number of nitrogens with two attached hydrogens (primary N) is 1. The third-order valence-corrected chi connectivity index (χ3v) is 4.03. The molecule has 2 N–H and O–H groups in total. The summed E-state index contributed by atoms with van der Waals surface area (Å²) in [6.07, 6.45) is 4.51. The maximum Gasteiger partial charge on any atom is 0.150 e. The Morgan fingerprint density at radius 2 is 1.89 bits per heavy atom. The Morgan fingerprint density at radius 1 is 1.28 bits per heavy atom. The third kappa shape index (κ3) is 2.47. The molecule has 1 aromatic rings. The molecule has 2 heterocycles. The lowest BCUT2D eigenvalue weighted by molar-refractivity contribution is 0.278. The van der Waals surface area contributed by atoms with Gasteiger partial charge >= 0.3 is 0 Å². The molecule has 1 saturated heterocycles. The van der Waals surface area contributed by atoms with Crippen LogP contribution in [0.15, 0.2) is 0 Å². The minimum atomic E-state index is 0.468. The first kappa shape index (κ1) is 13.2. The fourth-order valence-corrected chi connectivity index (χ4v) is 2.71. The van der Waals surface area contributed by atoms with Gasteiger partial charge in [-0.2, -0.15) is 5.10 Å². The van der Waals surface area contributed by atoms with Crippen LogP contribution in [0.25, 0.3) is 0 Å². The van der Waals surface area contributed by atoms with Gasteiger partial charge in [0, 0.05) is 20.1 Å². The molecular formula is C14H26N4. The summed E-state index contributed by atoms with van der Waals surface area (Å²) in [5.41, 5.74) is 8.68. The highest BCUT2D eigenvalue weighted by Gasteiger charge is 2.28. The van der Waals surface area contributed by atoms with Gasteiger partial charge in [-0.25, -0.2) is 0 Å². The second-order valence-electron chi connectivity index (χ2n) is 6.21. The number of piperidine rings is 1. The van der Waals surface area contributed by atoms with Gasteiger partial charge in [0.05, 0.1) is 11.4 Å². The van der Waals surface area contributed by atoms with E-state index in [4.69, 9.17) is 5.73 Å². The number of rotatable bonds is 3. The predicted molar refractivity (Wildman–Crippen MR) is 76.8 cm³/mol. The molecule has 0 spiro atoms. The Morgan fingerprint density at radius 3 is 2.44 bits per heavy atom. The van der Waals surface area contributed by atoms with Crippen LogP contribution in [0.1, 0.15) is 45.7 Å². The number of aromatic nitrogens is 2. The van der Waals surface area contributed by atoms with Crippen molar-refractivity contribution in [1.82, 2.24) is 9.78 Å². The summed E-state index contributed by atoms with van der Waals surface area (Å²) < 4.78 is 1.96. The maximum absolute atomic E-state index is 6.26. The molecule has 18 heavy (non-hydrogen) atoms. The average Bonchev–Trinajstić information content (AvgIpc) is 2.56.